The van der Waals surface area contributed by atoms with Crippen molar-refractivity contribution >= 4 is 17.7 Å². The summed E-state index contributed by atoms with van der Waals surface area (Å²) in [5.41, 5.74) is 3.31. The van der Waals surface area contributed by atoms with Crippen LogP contribution < -0.4 is 4.74 Å². The van der Waals surface area contributed by atoms with Crippen LogP contribution in [-0.2, 0) is 5.41 Å². The van der Waals surface area contributed by atoms with Crippen LogP contribution in [0.15, 0.2) is 48.5 Å². The first-order valence-corrected chi connectivity index (χ1v) is 9.62. The second-order valence-electron chi connectivity index (χ2n) is 7.33. The molecule has 2 aromatic carbocycles. The van der Waals surface area contributed by atoms with Gasteiger partial charge in [-0.05, 0) is 34.7 Å². The van der Waals surface area contributed by atoms with Crippen molar-refractivity contribution in [3.8, 4) is 5.75 Å². The molecule has 1 amide bonds. The third-order valence-corrected chi connectivity index (χ3v) is 5.79. The van der Waals surface area contributed by atoms with E-state index in [0.717, 1.165) is 12.3 Å². The predicted octanol–water partition coefficient (Wildman–Crippen LogP) is 4.88. The molecule has 3 rings (SSSR count). The summed E-state index contributed by atoms with van der Waals surface area (Å²) in [6.07, 6.45) is 0. The minimum absolute atomic E-state index is 0.0637. The van der Waals surface area contributed by atoms with Crippen molar-refractivity contribution in [2.45, 2.75) is 31.6 Å². The molecule has 1 saturated heterocycles. The fourth-order valence-electron chi connectivity index (χ4n) is 3.02. The molecular formula is C21H25NO2S. The molecule has 0 N–H and O–H groups in total. The summed E-state index contributed by atoms with van der Waals surface area (Å²) in [5.74, 6) is 1.74. The van der Waals surface area contributed by atoms with E-state index in [4.69, 9.17) is 4.74 Å². The van der Waals surface area contributed by atoms with E-state index in [9.17, 15) is 4.79 Å². The molecule has 0 aliphatic carbocycles. The smallest absolute Gasteiger partial charge is 0.255 e. The highest BCUT2D eigenvalue weighted by atomic mass is 32.2. The van der Waals surface area contributed by atoms with Crippen LogP contribution in [0.2, 0.25) is 0 Å². The molecule has 1 atom stereocenters. The zero-order valence-electron chi connectivity index (χ0n) is 15.3. The largest absolute Gasteiger partial charge is 0.497 e. The lowest BCUT2D eigenvalue weighted by molar-refractivity contribution is 0.0760. The Labute approximate surface area is 154 Å². The van der Waals surface area contributed by atoms with Gasteiger partial charge >= 0.3 is 0 Å². The van der Waals surface area contributed by atoms with Crippen molar-refractivity contribution in [2.75, 3.05) is 19.4 Å². The van der Waals surface area contributed by atoms with Crippen molar-refractivity contribution in [3.63, 3.8) is 0 Å². The highest BCUT2D eigenvalue weighted by Gasteiger charge is 2.31. The maximum Gasteiger partial charge on any atom is 0.255 e. The van der Waals surface area contributed by atoms with Crippen LogP contribution in [0.1, 0.15) is 47.6 Å². The van der Waals surface area contributed by atoms with Gasteiger partial charge < -0.3 is 9.64 Å². The number of carbonyl (C=O) groups excluding carboxylic acids is 1. The van der Waals surface area contributed by atoms with Gasteiger partial charge in [0.05, 0.1) is 7.11 Å². The molecule has 0 unspecified atom stereocenters. The van der Waals surface area contributed by atoms with Gasteiger partial charge in [-0.15, -0.1) is 11.8 Å². The molecule has 3 nitrogen and oxygen atoms in total. The van der Waals surface area contributed by atoms with Gasteiger partial charge in [0.2, 0.25) is 0 Å². The molecule has 0 aromatic heterocycles. The van der Waals surface area contributed by atoms with Gasteiger partial charge in [0.15, 0.2) is 0 Å². The van der Waals surface area contributed by atoms with Crippen molar-refractivity contribution in [1.29, 1.82) is 0 Å². The van der Waals surface area contributed by atoms with Crippen LogP contribution in [0.3, 0.4) is 0 Å². The van der Waals surface area contributed by atoms with Crippen LogP contribution >= 0.6 is 11.8 Å². The topological polar surface area (TPSA) is 29.5 Å². The fraction of sp³-hybridized carbons (Fsp3) is 0.381. The Balaban J connectivity index is 1.83. The minimum atomic E-state index is 0.0637. The molecule has 132 valence electrons. The Kier molecular flexibility index (Phi) is 5.09. The van der Waals surface area contributed by atoms with E-state index in [1.54, 1.807) is 7.11 Å². The maximum atomic E-state index is 13.0. The number of thioether (sulfide) groups is 1. The Hall–Kier alpha value is -1.94. The van der Waals surface area contributed by atoms with Crippen molar-refractivity contribution < 1.29 is 9.53 Å². The number of rotatable bonds is 3. The number of carbonyl (C=O) groups is 1. The lowest BCUT2D eigenvalue weighted by Gasteiger charge is -2.25. The van der Waals surface area contributed by atoms with Gasteiger partial charge in [-0.2, -0.15) is 0 Å². The molecule has 0 spiro atoms. The van der Waals surface area contributed by atoms with Gasteiger partial charge in [0.25, 0.3) is 5.91 Å². The molecule has 0 radical (unpaired) electrons. The average Bonchev–Trinajstić information content (AvgIpc) is 3.10. The first kappa shape index (κ1) is 17.9. The molecule has 1 heterocycles. The number of amides is 1. The molecule has 25 heavy (non-hydrogen) atoms. The summed E-state index contributed by atoms with van der Waals surface area (Å²) >= 11 is 1.82. The summed E-state index contributed by atoms with van der Waals surface area (Å²) in [7, 11) is 1.62. The summed E-state index contributed by atoms with van der Waals surface area (Å²) < 4.78 is 5.25. The fourth-order valence-corrected chi connectivity index (χ4v) is 4.28. The van der Waals surface area contributed by atoms with Gasteiger partial charge in [0, 0.05) is 17.9 Å². The Bertz CT molecular complexity index is 749. The third kappa shape index (κ3) is 3.84. The second kappa shape index (κ2) is 7.12. The SMILES string of the molecule is COc1cccc(C(=O)N2CCS[C@@H]2c2ccc(C(C)(C)C)cc2)c1. The van der Waals surface area contributed by atoms with E-state index >= 15 is 0 Å². The maximum absolute atomic E-state index is 13.0. The van der Waals surface area contributed by atoms with Crippen LogP contribution in [0.25, 0.3) is 0 Å². The van der Waals surface area contributed by atoms with Crippen LogP contribution in [0.5, 0.6) is 5.75 Å². The van der Waals surface area contributed by atoms with Gasteiger partial charge in [-0.25, -0.2) is 0 Å². The van der Waals surface area contributed by atoms with Crippen molar-refractivity contribution in [1.82, 2.24) is 4.90 Å². The molecule has 4 heteroatoms. The van der Waals surface area contributed by atoms with Crippen molar-refractivity contribution in [3.05, 3.63) is 65.2 Å². The number of hydrogen-bond donors (Lipinski definition) is 0. The monoisotopic (exact) mass is 355 g/mol. The zero-order valence-corrected chi connectivity index (χ0v) is 16.1. The summed E-state index contributed by atoms with van der Waals surface area (Å²) in [6, 6.07) is 16.1. The Morgan fingerprint density at radius 3 is 2.52 bits per heavy atom. The van der Waals surface area contributed by atoms with Crippen LogP contribution in [-0.4, -0.2) is 30.2 Å². The Morgan fingerprint density at radius 2 is 1.88 bits per heavy atom. The number of ether oxygens (including phenoxy) is 1. The van der Waals surface area contributed by atoms with Gasteiger partial charge in [-0.1, -0.05) is 51.1 Å². The summed E-state index contributed by atoms with van der Waals surface area (Å²) in [5, 5.41) is 0.0766. The predicted molar refractivity (Wildman–Crippen MR) is 104 cm³/mol. The number of nitrogens with zero attached hydrogens (tertiary/aromatic N) is 1. The normalized spacial score (nSPS) is 17.6. The highest BCUT2D eigenvalue weighted by molar-refractivity contribution is 7.99. The van der Waals surface area contributed by atoms with E-state index in [0.29, 0.717) is 11.3 Å². The second-order valence-corrected chi connectivity index (χ2v) is 8.51. The minimum Gasteiger partial charge on any atom is -0.497 e. The summed E-state index contributed by atoms with van der Waals surface area (Å²) in [4.78, 5) is 14.9. The van der Waals surface area contributed by atoms with Crippen LogP contribution in [0, 0.1) is 0 Å². The molecule has 2 aromatic rings. The third-order valence-electron chi connectivity index (χ3n) is 4.53. The standard InChI is InChI=1S/C21H25NO2S/c1-21(2,3)17-10-8-15(9-11-17)20-22(12-13-25-20)19(23)16-6-5-7-18(14-16)24-4/h5-11,14,20H,12-13H2,1-4H3/t20-/m1/s1. The van der Waals surface area contributed by atoms with Crippen LogP contribution in [0.4, 0.5) is 0 Å². The first-order valence-electron chi connectivity index (χ1n) is 8.57. The quantitative estimate of drug-likeness (QED) is 0.786. The van der Waals surface area contributed by atoms with Gasteiger partial charge in [0.1, 0.15) is 11.1 Å². The van der Waals surface area contributed by atoms with E-state index in [2.05, 4.69) is 45.0 Å². The lowest BCUT2D eigenvalue weighted by Crippen LogP contribution is -2.30. The zero-order chi connectivity index (χ0) is 18.0. The van der Waals surface area contributed by atoms with Gasteiger partial charge in [-0.3, -0.25) is 4.79 Å². The van der Waals surface area contributed by atoms with Crippen molar-refractivity contribution in [2.24, 2.45) is 0 Å². The number of methoxy groups -OCH3 is 1. The molecule has 0 bridgehead atoms. The molecular weight excluding hydrogens is 330 g/mol. The van der Waals surface area contributed by atoms with E-state index in [-0.39, 0.29) is 16.7 Å². The number of hydrogen-bond acceptors (Lipinski definition) is 3. The molecule has 0 saturated carbocycles. The summed E-state index contributed by atoms with van der Waals surface area (Å²) in [6.45, 7) is 7.41. The van der Waals surface area contributed by atoms with E-state index in [1.165, 1.54) is 11.1 Å². The molecule has 1 aliphatic heterocycles. The highest BCUT2D eigenvalue weighted by Crippen LogP contribution is 2.39. The average molecular weight is 356 g/mol. The van der Waals surface area contributed by atoms with E-state index < -0.39 is 0 Å². The first-order chi connectivity index (χ1) is 11.9. The van der Waals surface area contributed by atoms with E-state index in [1.807, 2.05) is 40.9 Å². The molecule has 1 fully saturated rings. The number of benzene rings is 2. The molecule has 1 aliphatic rings. The lowest BCUT2D eigenvalue weighted by atomic mass is 9.86. The Morgan fingerprint density at radius 1 is 1.16 bits per heavy atom.